The Morgan fingerprint density at radius 1 is 1.06 bits per heavy atom. The van der Waals surface area contributed by atoms with Gasteiger partial charge in [0.2, 0.25) is 6.43 Å². The molecular formula is C13H15BrF2. The van der Waals surface area contributed by atoms with E-state index < -0.39 is 11.8 Å². The number of halogens is 3. The van der Waals surface area contributed by atoms with Gasteiger partial charge >= 0.3 is 0 Å². The van der Waals surface area contributed by atoms with E-state index in [-0.39, 0.29) is 0 Å². The van der Waals surface area contributed by atoms with Crippen LogP contribution in [0.1, 0.15) is 37.7 Å². The van der Waals surface area contributed by atoms with Gasteiger partial charge in [0.15, 0.2) is 0 Å². The van der Waals surface area contributed by atoms with Crippen molar-refractivity contribution in [3.8, 4) is 0 Å². The van der Waals surface area contributed by atoms with Crippen molar-refractivity contribution in [3.05, 3.63) is 34.3 Å². The number of alkyl halides is 2. The third kappa shape index (κ3) is 2.02. The Morgan fingerprint density at radius 3 is 2.25 bits per heavy atom. The lowest BCUT2D eigenvalue weighted by Crippen LogP contribution is -2.37. The molecule has 0 aliphatic heterocycles. The minimum Gasteiger partial charge on any atom is -0.210 e. The molecule has 0 nitrogen and oxygen atoms in total. The van der Waals surface area contributed by atoms with E-state index in [9.17, 15) is 8.78 Å². The fourth-order valence-electron chi connectivity index (χ4n) is 2.65. The van der Waals surface area contributed by atoms with Gasteiger partial charge in [-0.15, -0.1) is 0 Å². The topological polar surface area (TPSA) is 0 Å². The highest BCUT2D eigenvalue weighted by Crippen LogP contribution is 2.46. The molecule has 1 saturated carbocycles. The summed E-state index contributed by atoms with van der Waals surface area (Å²) in [6.07, 6.45) is 1.84. The van der Waals surface area contributed by atoms with Crippen LogP contribution in [0.25, 0.3) is 0 Å². The molecule has 0 N–H and O–H groups in total. The molecule has 1 aromatic rings. The Morgan fingerprint density at radius 2 is 1.69 bits per heavy atom. The second-order valence-electron chi connectivity index (χ2n) is 4.50. The van der Waals surface area contributed by atoms with Gasteiger partial charge in [0, 0.05) is 4.47 Å². The van der Waals surface area contributed by atoms with Crippen LogP contribution >= 0.6 is 15.9 Å². The summed E-state index contributed by atoms with van der Waals surface area (Å²) in [6, 6.07) is 7.41. The monoisotopic (exact) mass is 288 g/mol. The molecule has 1 aliphatic carbocycles. The fraction of sp³-hybridized carbons (Fsp3) is 0.538. The third-order valence-electron chi connectivity index (χ3n) is 3.57. The second kappa shape index (κ2) is 4.82. The van der Waals surface area contributed by atoms with Gasteiger partial charge in [-0.05, 0) is 24.5 Å². The van der Waals surface area contributed by atoms with Gasteiger partial charge < -0.3 is 0 Å². The number of hydrogen-bond donors (Lipinski definition) is 0. The fourth-order valence-corrected chi connectivity index (χ4v) is 3.33. The molecule has 1 fully saturated rings. The van der Waals surface area contributed by atoms with E-state index in [0.29, 0.717) is 12.8 Å². The summed E-state index contributed by atoms with van der Waals surface area (Å²) in [5.41, 5.74) is -0.136. The molecule has 2 rings (SSSR count). The normalized spacial score (nSPS) is 20.0. The SMILES string of the molecule is FC(F)C1(c2ccccc2Br)CCCCC1. The van der Waals surface area contributed by atoms with E-state index in [1.807, 2.05) is 24.3 Å². The smallest absolute Gasteiger partial charge is 0.210 e. The van der Waals surface area contributed by atoms with Gasteiger partial charge in [0.1, 0.15) is 0 Å². The van der Waals surface area contributed by atoms with E-state index in [4.69, 9.17) is 0 Å². The first-order chi connectivity index (χ1) is 7.67. The predicted molar refractivity (Wildman–Crippen MR) is 64.9 cm³/mol. The Balaban J connectivity index is 2.43. The van der Waals surface area contributed by atoms with E-state index in [1.54, 1.807) is 0 Å². The molecule has 0 aromatic heterocycles. The van der Waals surface area contributed by atoms with Gasteiger partial charge in [-0.1, -0.05) is 53.4 Å². The molecule has 1 aromatic carbocycles. The van der Waals surface area contributed by atoms with E-state index >= 15 is 0 Å². The van der Waals surface area contributed by atoms with E-state index in [1.165, 1.54) is 0 Å². The molecular weight excluding hydrogens is 274 g/mol. The summed E-state index contributed by atoms with van der Waals surface area (Å²) in [6.45, 7) is 0. The van der Waals surface area contributed by atoms with Crippen molar-refractivity contribution in [1.82, 2.24) is 0 Å². The van der Waals surface area contributed by atoms with Gasteiger partial charge in [0.25, 0.3) is 0 Å². The first-order valence-electron chi connectivity index (χ1n) is 5.70. The average molecular weight is 289 g/mol. The van der Waals surface area contributed by atoms with Crippen LogP contribution < -0.4 is 0 Å². The lowest BCUT2D eigenvalue weighted by atomic mass is 9.69. The summed E-state index contributed by atoms with van der Waals surface area (Å²) >= 11 is 3.40. The lowest BCUT2D eigenvalue weighted by molar-refractivity contribution is 0.0250. The van der Waals surface area contributed by atoms with Crippen molar-refractivity contribution in [2.75, 3.05) is 0 Å². The van der Waals surface area contributed by atoms with Crippen molar-refractivity contribution in [3.63, 3.8) is 0 Å². The molecule has 0 radical (unpaired) electrons. The van der Waals surface area contributed by atoms with Crippen LogP contribution in [0.15, 0.2) is 28.7 Å². The highest BCUT2D eigenvalue weighted by Gasteiger charge is 2.43. The van der Waals surface area contributed by atoms with Crippen LogP contribution in [-0.2, 0) is 5.41 Å². The van der Waals surface area contributed by atoms with Gasteiger partial charge in [-0.3, -0.25) is 0 Å². The Hall–Kier alpha value is -0.440. The number of rotatable bonds is 2. The van der Waals surface area contributed by atoms with Crippen LogP contribution in [0.2, 0.25) is 0 Å². The maximum atomic E-state index is 13.4. The highest BCUT2D eigenvalue weighted by atomic mass is 79.9. The summed E-state index contributed by atoms with van der Waals surface area (Å²) in [5, 5.41) is 0. The Labute approximate surface area is 103 Å². The first-order valence-corrected chi connectivity index (χ1v) is 6.49. The summed E-state index contributed by atoms with van der Waals surface area (Å²) < 4.78 is 27.7. The predicted octanol–water partition coefficient (Wildman–Crippen LogP) is 4.92. The molecule has 16 heavy (non-hydrogen) atoms. The van der Waals surface area contributed by atoms with Gasteiger partial charge in [-0.25, -0.2) is 8.78 Å². The Bertz CT molecular complexity index is 357. The van der Waals surface area contributed by atoms with Crippen molar-refractivity contribution in [2.24, 2.45) is 0 Å². The van der Waals surface area contributed by atoms with Crippen molar-refractivity contribution in [1.29, 1.82) is 0 Å². The molecule has 1 aliphatic rings. The standard InChI is InChI=1S/C13H15BrF2/c14-11-7-3-2-6-10(11)13(12(15)16)8-4-1-5-9-13/h2-3,6-7,12H,1,4-5,8-9H2. The molecule has 0 bridgehead atoms. The highest BCUT2D eigenvalue weighted by molar-refractivity contribution is 9.10. The van der Waals surface area contributed by atoms with Gasteiger partial charge in [-0.2, -0.15) is 0 Å². The van der Waals surface area contributed by atoms with E-state index in [2.05, 4.69) is 15.9 Å². The number of hydrogen-bond acceptors (Lipinski definition) is 0. The Kier molecular flexibility index (Phi) is 3.63. The lowest BCUT2D eigenvalue weighted by Gasteiger charge is -2.37. The second-order valence-corrected chi connectivity index (χ2v) is 5.35. The molecule has 0 unspecified atom stereocenters. The van der Waals surface area contributed by atoms with Crippen molar-refractivity contribution in [2.45, 2.75) is 43.9 Å². The molecule has 0 atom stereocenters. The molecule has 0 saturated heterocycles. The summed E-state index contributed by atoms with van der Waals surface area (Å²) in [7, 11) is 0. The summed E-state index contributed by atoms with van der Waals surface area (Å²) in [5.74, 6) is 0. The van der Waals surface area contributed by atoms with Crippen molar-refractivity contribution >= 4 is 15.9 Å². The average Bonchev–Trinajstić information content (AvgIpc) is 2.30. The van der Waals surface area contributed by atoms with Crippen molar-refractivity contribution < 1.29 is 8.78 Å². The quantitative estimate of drug-likeness (QED) is 0.725. The minimum atomic E-state index is -2.27. The minimum absolute atomic E-state index is 0.604. The number of benzene rings is 1. The van der Waals surface area contributed by atoms with Crippen LogP contribution in [0, 0.1) is 0 Å². The first kappa shape index (κ1) is 12.0. The third-order valence-corrected chi connectivity index (χ3v) is 4.27. The van der Waals surface area contributed by atoms with Crippen LogP contribution in [-0.4, -0.2) is 6.43 Å². The zero-order valence-corrected chi connectivity index (χ0v) is 10.6. The molecule has 88 valence electrons. The van der Waals surface area contributed by atoms with Gasteiger partial charge in [0.05, 0.1) is 5.41 Å². The van der Waals surface area contributed by atoms with Crippen LogP contribution in [0.3, 0.4) is 0 Å². The summed E-state index contributed by atoms with van der Waals surface area (Å²) in [4.78, 5) is 0. The molecule has 0 amide bonds. The van der Waals surface area contributed by atoms with E-state index in [0.717, 1.165) is 29.3 Å². The molecule has 3 heteroatoms. The maximum Gasteiger partial charge on any atom is 0.248 e. The zero-order chi connectivity index (χ0) is 11.6. The maximum absolute atomic E-state index is 13.4. The van der Waals surface area contributed by atoms with Crippen LogP contribution in [0.5, 0.6) is 0 Å². The largest absolute Gasteiger partial charge is 0.248 e. The van der Waals surface area contributed by atoms with Crippen LogP contribution in [0.4, 0.5) is 8.78 Å². The zero-order valence-electron chi connectivity index (χ0n) is 9.06. The molecule has 0 spiro atoms. The molecule has 0 heterocycles.